The fourth-order valence-corrected chi connectivity index (χ4v) is 4.12. The van der Waals surface area contributed by atoms with Crippen LogP contribution in [0.2, 0.25) is 0 Å². The average molecular weight is 492 g/mol. The third-order valence-electron chi connectivity index (χ3n) is 5.20. The van der Waals surface area contributed by atoms with Gasteiger partial charge >= 0.3 is 24.3 Å². The van der Waals surface area contributed by atoms with E-state index in [1.54, 1.807) is 11.3 Å². The molecule has 0 aromatic carbocycles. The predicted molar refractivity (Wildman–Crippen MR) is 100 cm³/mol. The molecule has 2 aliphatic heterocycles. The molecule has 2 N–H and O–H groups in total. The largest absolute Gasteiger partial charge is 0.490 e. The molecule has 1 aromatic rings. The molecule has 1 aliphatic carbocycles. The number of rotatable bonds is 3. The van der Waals surface area contributed by atoms with Crippen molar-refractivity contribution in [2.75, 3.05) is 37.6 Å². The van der Waals surface area contributed by atoms with Gasteiger partial charge in [0.1, 0.15) is 5.51 Å². The molecule has 1 saturated carbocycles. The molecule has 0 spiro atoms. The van der Waals surface area contributed by atoms with Crippen LogP contribution in [-0.4, -0.2) is 82.3 Å². The number of carboxylic acid groups (broad SMARTS) is 2. The molecule has 0 unspecified atom stereocenters. The van der Waals surface area contributed by atoms with Crippen LogP contribution in [0.1, 0.15) is 19.3 Å². The Morgan fingerprint density at radius 2 is 1.50 bits per heavy atom. The van der Waals surface area contributed by atoms with E-state index in [1.807, 2.05) is 5.51 Å². The van der Waals surface area contributed by atoms with Crippen LogP contribution in [0.15, 0.2) is 5.51 Å². The minimum atomic E-state index is -5.08. The van der Waals surface area contributed by atoms with Gasteiger partial charge in [-0.15, -0.1) is 10.2 Å². The van der Waals surface area contributed by atoms with Crippen LogP contribution in [0.3, 0.4) is 0 Å². The number of piperidine rings is 1. The molecule has 4 rings (SSSR count). The topological polar surface area (TPSA) is 107 Å². The number of fused-ring (bicyclic) bond motifs is 1. The number of hydrogen-bond acceptors (Lipinski definition) is 7. The molecule has 0 bridgehead atoms. The maximum atomic E-state index is 10.6. The van der Waals surface area contributed by atoms with E-state index in [2.05, 4.69) is 20.0 Å². The minimum absolute atomic E-state index is 0.862. The van der Waals surface area contributed by atoms with E-state index < -0.39 is 24.3 Å². The molecular weight excluding hydrogens is 470 g/mol. The van der Waals surface area contributed by atoms with Gasteiger partial charge in [-0.2, -0.15) is 26.3 Å². The smallest absolute Gasteiger partial charge is 0.475 e. The third kappa shape index (κ3) is 8.41. The van der Waals surface area contributed by atoms with E-state index in [1.165, 1.54) is 52.0 Å². The van der Waals surface area contributed by atoms with Crippen molar-refractivity contribution in [3.63, 3.8) is 0 Å². The van der Waals surface area contributed by atoms with Crippen molar-refractivity contribution in [1.82, 2.24) is 15.1 Å². The second kappa shape index (κ2) is 10.6. The molecule has 15 heteroatoms. The number of carbonyl (C=O) groups is 2. The number of halogens is 6. The van der Waals surface area contributed by atoms with E-state index in [4.69, 9.17) is 19.8 Å². The molecule has 3 aliphatic rings. The highest BCUT2D eigenvalue weighted by atomic mass is 32.1. The Labute approximate surface area is 182 Å². The highest BCUT2D eigenvalue weighted by molar-refractivity contribution is 7.13. The van der Waals surface area contributed by atoms with Crippen molar-refractivity contribution in [1.29, 1.82) is 0 Å². The summed E-state index contributed by atoms with van der Waals surface area (Å²) in [6, 6.07) is 0. The van der Waals surface area contributed by atoms with Gasteiger partial charge in [-0.1, -0.05) is 11.3 Å². The highest BCUT2D eigenvalue weighted by Crippen LogP contribution is 2.36. The summed E-state index contributed by atoms with van der Waals surface area (Å²) in [6.07, 6.45) is -5.84. The number of likely N-dealkylation sites (tertiary alicyclic amines) is 1. The van der Waals surface area contributed by atoms with Crippen LogP contribution < -0.4 is 4.90 Å². The molecule has 32 heavy (non-hydrogen) atoms. The van der Waals surface area contributed by atoms with Gasteiger partial charge in [0.2, 0.25) is 5.13 Å². The lowest BCUT2D eigenvalue weighted by atomic mass is 9.88. The number of carboxylic acids is 2. The zero-order chi connectivity index (χ0) is 24.1. The minimum Gasteiger partial charge on any atom is -0.475 e. The summed E-state index contributed by atoms with van der Waals surface area (Å²) < 4.78 is 63.5. The Bertz CT molecular complexity index is 733. The van der Waals surface area contributed by atoms with Gasteiger partial charge in [0.05, 0.1) is 0 Å². The predicted octanol–water partition coefficient (Wildman–Crippen LogP) is 2.97. The first-order valence-electron chi connectivity index (χ1n) is 9.61. The van der Waals surface area contributed by atoms with E-state index >= 15 is 0 Å². The average Bonchev–Trinajstić information content (AvgIpc) is 3.17. The van der Waals surface area contributed by atoms with Gasteiger partial charge in [-0.25, -0.2) is 9.59 Å². The fourth-order valence-electron chi connectivity index (χ4n) is 3.54. The summed E-state index contributed by atoms with van der Waals surface area (Å²) in [7, 11) is 0. The van der Waals surface area contributed by atoms with Crippen LogP contribution >= 0.6 is 11.3 Å². The van der Waals surface area contributed by atoms with Crippen LogP contribution in [0.4, 0.5) is 31.5 Å². The molecule has 3 fully saturated rings. The molecular formula is C17H22F6N4O4S. The summed E-state index contributed by atoms with van der Waals surface area (Å²) in [5.41, 5.74) is 1.84. The number of anilines is 1. The second-order valence-electron chi connectivity index (χ2n) is 7.74. The Hall–Kier alpha value is -2.16. The number of aliphatic carboxylic acids is 2. The van der Waals surface area contributed by atoms with Gasteiger partial charge in [0, 0.05) is 26.2 Å². The van der Waals surface area contributed by atoms with Crippen molar-refractivity contribution >= 4 is 28.4 Å². The summed E-state index contributed by atoms with van der Waals surface area (Å²) in [6.45, 7) is 6.40. The molecule has 2 atom stereocenters. The van der Waals surface area contributed by atoms with Crippen molar-refractivity contribution < 1.29 is 46.1 Å². The van der Waals surface area contributed by atoms with Gasteiger partial charge in [0.15, 0.2) is 0 Å². The zero-order valence-electron chi connectivity index (χ0n) is 16.6. The van der Waals surface area contributed by atoms with Crippen LogP contribution in [-0.2, 0) is 9.59 Å². The summed E-state index contributed by atoms with van der Waals surface area (Å²) >= 11 is 1.68. The van der Waals surface area contributed by atoms with Crippen molar-refractivity contribution in [2.24, 2.45) is 17.8 Å². The maximum Gasteiger partial charge on any atom is 0.490 e. The molecule has 8 nitrogen and oxygen atoms in total. The monoisotopic (exact) mass is 492 g/mol. The number of hydrogen-bond donors (Lipinski definition) is 2. The quantitative estimate of drug-likeness (QED) is 0.621. The molecule has 3 heterocycles. The van der Waals surface area contributed by atoms with Crippen molar-refractivity contribution in [2.45, 2.75) is 31.6 Å². The standard InChI is InChI=1S/C13H20N4S.2C2HF3O2/c1-2-10(1)5-16-4-3-11-7-17(8-12(11)6-16)13-15-14-9-18-13;2*3-2(4,5)1(6)7/h9-12H,1-8H2;2*(H,6,7)/t11-,12-;;/m1../s1. The molecule has 0 radical (unpaired) electrons. The zero-order valence-corrected chi connectivity index (χ0v) is 17.5. The number of alkyl halides is 6. The molecule has 1 aromatic heterocycles. The van der Waals surface area contributed by atoms with Crippen molar-refractivity contribution in [3.05, 3.63) is 5.51 Å². The van der Waals surface area contributed by atoms with Crippen LogP contribution in [0.5, 0.6) is 0 Å². The maximum absolute atomic E-state index is 10.6. The van der Waals surface area contributed by atoms with Gasteiger partial charge in [-0.05, 0) is 43.6 Å². The first-order valence-corrected chi connectivity index (χ1v) is 10.5. The normalized spacial score (nSPS) is 23.4. The van der Waals surface area contributed by atoms with Crippen molar-refractivity contribution in [3.8, 4) is 0 Å². The van der Waals surface area contributed by atoms with E-state index in [-0.39, 0.29) is 0 Å². The molecule has 182 valence electrons. The van der Waals surface area contributed by atoms with E-state index in [0.717, 1.165) is 22.9 Å². The first-order chi connectivity index (χ1) is 14.8. The van der Waals surface area contributed by atoms with Gasteiger partial charge in [0.25, 0.3) is 0 Å². The summed E-state index contributed by atoms with van der Waals surface area (Å²) in [5, 5.41) is 23.6. The lowest BCUT2D eigenvalue weighted by Gasteiger charge is -2.34. The lowest BCUT2D eigenvalue weighted by molar-refractivity contribution is -0.193. The second-order valence-corrected chi connectivity index (χ2v) is 8.56. The Kier molecular flexibility index (Phi) is 8.67. The number of aromatic nitrogens is 2. The summed E-state index contributed by atoms with van der Waals surface area (Å²) in [4.78, 5) is 23.0. The van der Waals surface area contributed by atoms with Crippen LogP contribution in [0.25, 0.3) is 0 Å². The molecule has 0 amide bonds. The van der Waals surface area contributed by atoms with E-state index in [9.17, 15) is 26.3 Å². The lowest BCUT2D eigenvalue weighted by Crippen LogP contribution is -2.40. The van der Waals surface area contributed by atoms with Crippen LogP contribution in [0, 0.1) is 17.8 Å². The Balaban J connectivity index is 0.000000218. The van der Waals surface area contributed by atoms with Gasteiger partial charge < -0.3 is 20.0 Å². The van der Waals surface area contributed by atoms with E-state index in [0.29, 0.717) is 0 Å². The SMILES string of the molecule is O=C(O)C(F)(F)F.O=C(O)C(F)(F)F.c1nnc(N2C[C@H]3CCN(CC4CC4)C[C@@H]3C2)s1. The third-order valence-corrected chi connectivity index (χ3v) is 5.95. The number of nitrogens with zero attached hydrogens (tertiary/aromatic N) is 4. The first kappa shape index (κ1) is 26.1. The molecule has 2 saturated heterocycles. The highest BCUT2D eigenvalue weighted by Gasteiger charge is 2.40. The fraction of sp³-hybridized carbons (Fsp3) is 0.765. The summed E-state index contributed by atoms with van der Waals surface area (Å²) in [5.74, 6) is -2.73. The van der Waals surface area contributed by atoms with Gasteiger partial charge in [-0.3, -0.25) is 0 Å². The Morgan fingerprint density at radius 1 is 0.969 bits per heavy atom. The Morgan fingerprint density at radius 3 is 1.94 bits per heavy atom.